The topological polar surface area (TPSA) is 80.6 Å². The Morgan fingerprint density at radius 1 is 1.56 bits per heavy atom. The Hall–Kier alpha value is -1.24. The van der Waals surface area contributed by atoms with Gasteiger partial charge in [-0.1, -0.05) is 11.6 Å². The molecule has 0 bridgehead atoms. The summed E-state index contributed by atoms with van der Waals surface area (Å²) in [6.07, 6.45) is 3.65. The number of rotatable bonds is 5. The fourth-order valence-electron chi connectivity index (χ4n) is 1.45. The van der Waals surface area contributed by atoms with Gasteiger partial charge in [-0.05, 0) is 12.1 Å². The fraction of sp³-hybridized carbons (Fsp3) is 0.273. The van der Waals surface area contributed by atoms with E-state index >= 15 is 0 Å². The summed E-state index contributed by atoms with van der Waals surface area (Å²) in [6.45, 7) is 0. The third-order valence-corrected chi connectivity index (χ3v) is 3.65. The molecule has 1 unspecified atom stereocenters. The van der Waals surface area contributed by atoms with Crippen LogP contribution in [-0.4, -0.2) is 32.3 Å². The van der Waals surface area contributed by atoms with Crippen LogP contribution in [0.3, 0.4) is 0 Å². The summed E-state index contributed by atoms with van der Waals surface area (Å²) in [5, 5.41) is 9.30. The number of hydrogen-bond donors (Lipinski definition) is 2. The smallest absolute Gasteiger partial charge is 0.321 e. The molecule has 0 aliphatic carbocycles. The van der Waals surface area contributed by atoms with Crippen LogP contribution in [0.5, 0.6) is 0 Å². The van der Waals surface area contributed by atoms with Crippen molar-refractivity contribution in [2.75, 3.05) is 5.75 Å². The maximum absolute atomic E-state index is 10.5. The van der Waals surface area contributed by atoms with Gasteiger partial charge in [0.05, 0.1) is 10.7 Å². The zero-order valence-corrected chi connectivity index (χ0v) is 11.0. The summed E-state index contributed by atoms with van der Waals surface area (Å²) in [5.74, 6) is 0.00817. The number of carboxylic acids is 1. The van der Waals surface area contributed by atoms with Crippen LogP contribution < -0.4 is 5.73 Å². The van der Waals surface area contributed by atoms with E-state index < -0.39 is 12.0 Å². The Kier molecular flexibility index (Phi) is 4.11. The van der Waals surface area contributed by atoms with Crippen LogP contribution in [0.1, 0.15) is 5.69 Å². The summed E-state index contributed by atoms with van der Waals surface area (Å²) in [5.41, 5.74) is 7.10. The molecule has 0 radical (unpaired) electrons. The van der Waals surface area contributed by atoms with Gasteiger partial charge in [0.15, 0.2) is 0 Å². The number of nitrogens with zero attached hydrogens (tertiary/aromatic N) is 2. The second-order valence-corrected chi connectivity index (χ2v) is 5.27. The molecule has 0 aromatic carbocycles. The van der Waals surface area contributed by atoms with Crippen LogP contribution in [0.4, 0.5) is 0 Å². The molecular formula is C11H12ClN3O2S. The molecule has 0 fully saturated rings. The number of aromatic nitrogens is 2. The standard InChI is InChI=1S/C11H12ClN3O2S/c12-7-1-2-10-14-8(4-15(10)3-7)5-18-6-9(13)11(16)17/h1-4,9H,5-6,13H2,(H,16,17). The number of halogens is 1. The molecular weight excluding hydrogens is 274 g/mol. The Labute approximate surface area is 113 Å². The van der Waals surface area contributed by atoms with Crippen molar-refractivity contribution in [3.8, 4) is 0 Å². The predicted octanol–water partition coefficient (Wildman–Crippen LogP) is 1.63. The Morgan fingerprint density at radius 2 is 2.33 bits per heavy atom. The zero-order chi connectivity index (χ0) is 13.1. The van der Waals surface area contributed by atoms with E-state index in [9.17, 15) is 4.79 Å². The fourth-order valence-corrected chi connectivity index (χ4v) is 2.48. The summed E-state index contributed by atoms with van der Waals surface area (Å²) >= 11 is 7.32. The highest BCUT2D eigenvalue weighted by molar-refractivity contribution is 7.98. The van der Waals surface area contributed by atoms with Crippen LogP contribution in [-0.2, 0) is 10.5 Å². The van der Waals surface area contributed by atoms with Gasteiger partial charge < -0.3 is 15.2 Å². The van der Waals surface area contributed by atoms with E-state index in [2.05, 4.69) is 4.98 Å². The van der Waals surface area contributed by atoms with Gasteiger partial charge in [0, 0.05) is 23.9 Å². The van der Waals surface area contributed by atoms with Gasteiger partial charge in [-0.15, -0.1) is 0 Å². The van der Waals surface area contributed by atoms with Crippen LogP contribution in [0.25, 0.3) is 5.65 Å². The number of fused-ring (bicyclic) bond motifs is 1. The van der Waals surface area contributed by atoms with E-state index in [1.54, 1.807) is 12.3 Å². The molecule has 0 saturated carbocycles. The highest BCUT2D eigenvalue weighted by Crippen LogP contribution is 2.15. The SMILES string of the molecule is NC(CSCc1cn2cc(Cl)ccc2n1)C(=O)O. The van der Waals surface area contributed by atoms with Gasteiger partial charge in [0.1, 0.15) is 11.7 Å². The van der Waals surface area contributed by atoms with Crippen molar-refractivity contribution in [3.05, 3.63) is 35.2 Å². The molecule has 18 heavy (non-hydrogen) atoms. The minimum atomic E-state index is -0.982. The Balaban J connectivity index is 1.98. The minimum Gasteiger partial charge on any atom is -0.480 e. The summed E-state index contributed by atoms with van der Waals surface area (Å²) in [7, 11) is 0. The van der Waals surface area contributed by atoms with Crippen molar-refractivity contribution in [2.45, 2.75) is 11.8 Å². The van der Waals surface area contributed by atoms with E-state index in [1.165, 1.54) is 11.8 Å². The predicted molar refractivity (Wildman–Crippen MR) is 72.0 cm³/mol. The number of carbonyl (C=O) groups is 1. The molecule has 2 aromatic heterocycles. The molecule has 1 atom stereocenters. The Bertz CT molecular complexity index is 572. The summed E-state index contributed by atoms with van der Waals surface area (Å²) in [6, 6.07) is 2.78. The molecule has 3 N–H and O–H groups in total. The number of imidazole rings is 1. The Morgan fingerprint density at radius 3 is 3.06 bits per heavy atom. The molecule has 2 rings (SSSR count). The van der Waals surface area contributed by atoms with E-state index in [0.29, 0.717) is 16.5 Å². The monoisotopic (exact) mass is 285 g/mol. The lowest BCUT2D eigenvalue weighted by Crippen LogP contribution is -2.32. The normalized spacial score (nSPS) is 12.8. The molecule has 5 nitrogen and oxygen atoms in total. The first-order valence-electron chi connectivity index (χ1n) is 5.25. The number of hydrogen-bond acceptors (Lipinski definition) is 4. The first-order valence-corrected chi connectivity index (χ1v) is 6.79. The number of nitrogens with two attached hydrogens (primary N) is 1. The number of aliphatic carboxylic acids is 1. The van der Waals surface area contributed by atoms with Crippen LogP contribution in [0.2, 0.25) is 5.02 Å². The highest BCUT2D eigenvalue weighted by atomic mass is 35.5. The maximum Gasteiger partial charge on any atom is 0.321 e. The van der Waals surface area contributed by atoms with Gasteiger partial charge in [0.25, 0.3) is 0 Å². The molecule has 0 amide bonds. The van der Waals surface area contributed by atoms with E-state index in [1.807, 2.05) is 16.7 Å². The average Bonchev–Trinajstić information content (AvgIpc) is 2.70. The van der Waals surface area contributed by atoms with E-state index in [0.717, 1.165) is 11.3 Å². The van der Waals surface area contributed by atoms with Crippen molar-refractivity contribution in [1.82, 2.24) is 9.38 Å². The molecule has 0 aliphatic heterocycles. The number of pyridine rings is 1. The van der Waals surface area contributed by atoms with Crippen LogP contribution in [0, 0.1) is 0 Å². The van der Waals surface area contributed by atoms with Gasteiger partial charge in [-0.25, -0.2) is 4.98 Å². The molecule has 2 aromatic rings. The van der Waals surface area contributed by atoms with Gasteiger partial charge >= 0.3 is 5.97 Å². The number of carboxylic acid groups (broad SMARTS) is 1. The molecule has 2 heterocycles. The second-order valence-electron chi connectivity index (χ2n) is 3.80. The third-order valence-electron chi connectivity index (χ3n) is 2.33. The van der Waals surface area contributed by atoms with Crippen molar-refractivity contribution in [3.63, 3.8) is 0 Å². The maximum atomic E-state index is 10.5. The average molecular weight is 286 g/mol. The largest absolute Gasteiger partial charge is 0.480 e. The molecule has 0 aliphatic rings. The highest BCUT2D eigenvalue weighted by Gasteiger charge is 2.11. The lowest BCUT2D eigenvalue weighted by Gasteiger charge is -2.03. The van der Waals surface area contributed by atoms with Crippen molar-refractivity contribution >= 4 is 35.0 Å². The van der Waals surface area contributed by atoms with Crippen molar-refractivity contribution < 1.29 is 9.90 Å². The molecule has 0 saturated heterocycles. The second kappa shape index (κ2) is 5.60. The first kappa shape index (κ1) is 13.2. The molecule has 7 heteroatoms. The molecule has 0 spiro atoms. The summed E-state index contributed by atoms with van der Waals surface area (Å²) < 4.78 is 1.84. The lowest BCUT2D eigenvalue weighted by molar-refractivity contribution is -0.137. The lowest BCUT2D eigenvalue weighted by atomic mass is 10.4. The molecule has 96 valence electrons. The minimum absolute atomic E-state index is 0.365. The van der Waals surface area contributed by atoms with Gasteiger partial charge in [-0.3, -0.25) is 4.79 Å². The van der Waals surface area contributed by atoms with E-state index in [-0.39, 0.29) is 0 Å². The van der Waals surface area contributed by atoms with E-state index in [4.69, 9.17) is 22.4 Å². The van der Waals surface area contributed by atoms with Crippen molar-refractivity contribution in [1.29, 1.82) is 0 Å². The summed E-state index contributed by atoms with van der Waals surface area (Å²) in [4.78, 5) is 14.9. The van der Waals surface area contributed by atoms with Crippen LogP contribution in [0.15, 0.2) is 24.5 Å². The quantitative estimate of drug-likeness (QED) is 0.873. The van der Waals surface area contributed by atoms with Gasteiger partial charge in [0.2, 0.25) is 0 Å². The first-order chi connectivity index (χ1) is 8.56. The van der Waals surface area contributed by atoms with Crippen LogP contribution >= 0.6 is 23.4 Å². The number of thioether (sulfide) groups is 1. The van der Waals surface area contributed by atoms with Gasteiger partial charge in [-0.2, -0.15) is 11.8 Å². The zero-order valence-electron chi connectivity index (χ0n) is 9.41. The van der Waals surface area contributed by atoms with Crippen molar-refractivity contribution in [2.24, 2.45) is 5.73 Å². The third kappa shape index (κ3) is 3.16.